The molecular formula is C10H17N. The molecule has 0 radical (unpaired) electrons. The minimum atomic E-state index is 1.12. The number of nitrogens with zero attached hydrogens (tertiary/aromatic N) is 1. The topological polar surface area (TPSA) is 3.24 Å². The largest absolute Gasteiger partial charge is 0.299 e. The highest BCUT2D eigenvalue weighted by Crippen LogP contribution is 2.08. The summed E-state index contributed by atoms with van der Waals surface area (Å²) in [6.07, 6.45) is 4.75. The third kappa shape index (κ3) is 2.92. The lowest BCUT2D eigenvalue weighted by atomic mass is 10.3. The lowest BCUT2D eigenvalue weighted by Crippen LogP contribution is -2.20. The van der Waals surface area contributed by atoms with Gasteiger partial charge in [-0.25, -0.2) is 0 Å². The van der Waals surface area contributed by atoms with Crippen LogP contribution in [0.4, 0.5) is 0 Å². The summed E-state index contributed by atoms with van der Waals surface area (Å²) < 4.78 is 0. The number of likely N-dealkylation sites (tertiary alicyclic amines) is 1. The Morgan fingerprint density at radius 2 is 2.09 bits per heavy atom. The van der Waals surface area contributed by atoms with E-state index in [1.54, 1.807) is 0 Å². The third-order valence-corrected chi connectivity index (χ3v) is 2.05. The van der Waals surface area contributed by atoms with E-state index in [0.717, 1.165) is 6.54 Å². The fraction of sp³-hybridized carbons (Fsp3) is 0.700. The van der Waals surface area contributed by atoms with Gasteiger partial charge in [-0.1, -0.05) is 0 Å². The second-order valence-electron chi connectivity index (χ2n) is 3.20. The van der Waals surface area contributed by atoms with Crippen LogP contribution in [0.25, 0.3) is 0 Å². The summed E-state index contributed by atoms with van der Waals surface area (Å²) in [5.41, 5.74) is 4.58. The molecule has 0 bridgehead atoms. The van der Waals surface area contributed by atoms with Crippen molar-refractivity contribution < 1.29 is 0 Å². The van der Waals surface area contributed by atoms with E-state index in [0.29, 0.717) is 0 Å². The van der Waals surface area contributed by atoms with Gasteiger partial charge in [0.05, 0.1) is 0 Å². The minimum absolute atomic E-state index is 1.12. The molecule has 0 N–H and O–H groups in total. The molecule has 1 rings (SSSR count). The molecule has 1 saturated heterocycles. The average Bonchev–Trinajstić information content (AvgIpc) is 2.40. The molecule has 1 fully saturated rings. The first-order valence-electron chi connectivity index (χ1n) is 4.42. The molecular weight excluding hydrogens is 134 g/mol. The van der Waals surface area contributed by atoms with Crippen LogP contribution in [-0.4, -0.2) is 24.5 Å². The molecule has 0 aliphatic carbocycles. The Labute approximate surface area is 69.4 Å². The zero-order chi connectivity index (χ0) is 8.10. The van der Waals surface area contributed by atoms with Gasteiger partial charge in [0.1, 0.15) is 0 Å². The van der Waals surface area contributed by atoms with Crippen LogP contribution >= 0.6 is 0 Å². The van der Waals surface area contributed by atoms with Crippen LogP contribution in [0.15, 0.2) is 17.4 Å². The highest BCUT2D eigenvalue weighted by atomic mass is 15.1. The lowest BCUT2D eigenvalue weighted by molar-refractivity contribution is 0.369. The van der Waals surface area contributed by atoms with E-state index < -0.39 is 0 Å². The first-order valence-corrected chi connectivity index (χ1v) is 4.42. The summed E-state index contributed by atoms with van der Waals surface area (Å²) >= 11 is 0. The summed E-state index contributed by atoms with van der Waals surface area (Å²) in [5.74, 6) is 0. The summed E-state index contributed by atoms with van der Waals surface area (Å²) in [6.45, 7) is 7.85. The lowest BCUT2D eigenvalue weighted by Gasteiger charge is -2.12. The molecule has 11 heavy (non-hydrogen) atoms. The molecule has 0 atom stereocenters. The predicted octanol–water partition coefficient (Wildman–Crippen LogP) is 2.20. The summed E-state index contributed by atoms with van der Waals surface area (Å²) in [7, 11) is 0. The Morgan fingerprint density at radius 1 is 1.45 bits per heavy atom. The van der Waals surface area contributed by atoms with E-state index in [2.05, 4.69) is 17.6 Å². The standard InChI is InChI=1S/C10H17N/c1-3-6-10(2)9-11-7-4-5-8-11/h3H,4-5,7-9H2,1-2H3. The molecule has 1 aliphatic heterocycles. The molecule has 0 aromatic heterocycles. The maximum Gasteiger partial charge on any atom is 0.0265 e. The van der Waals surface area contributed by atoms with Crippen molar-refractivity contribution >= 4 is 0 Å². The molecule has 0 spiro atoms. The number of hydrogen-bond donors (Lipinski definition) is 0. The van der Waals surface area contributed by atoms with Crippen molar-refractivity contribution in [1.29, 1.82) is 0 Å². The van der Waals surface area contributed by atoms with E-state index in [1.165, 1.54) is 31.5 Å². The maximum absolute atomic E-state index is 3.22. The zero-order valence-corrected chi connectivity index (χ0v) is 7.56. The third-order valence-electron chi connectivity index (χ3n) is 2.05. The van der Waals surface area contributed by atoms with E-state index in [4.69, 9.17) is 0 Å². The molecule has 0 unspecified atom stereocenters. The van der Waals surface area contributed by atoms with Gasteiger partial charge in [0.25, 0.3) is 0 Å². The second kappa shape index (κ2) is 4.38. The Morgan fingerprint density at radius 3 is 2.64 bits per heavy atom. The highest BCUT2D eigenvalue weighted by molar-refractivity contribution is 5.00. The Balaban J connectivity index is 2.35. The Hall–Kier alpha value is -0.520. The Bertz CT molecular complexity index is 169. The van der Waals surface area contributed by atoms with Crippen LogP contribution in [0.3, 0.4) is 0 Å². The normalized spacial score (nSPS) is 18.0. The number of rotatable bonds is 2. The summed E-state index contributed by atoms with van der Waals surface area (Å²) in [5, 5.41) is 0. The molecule has 0 aromatic carbocycles. The van der Waals surface area contributed by atoms with Gasteiger partial charge in [-0.05, 0) is 51.4 Å². The summed E-state index contributed by atoms with van der Waals surface area (Å²) in [4.78, 5) is 2.49. The van der Waals surface area contributed by atoms with Crippen molar-refractivity contribution in [2.45, 2.75) is 26.7 Å². The molecule has 0 amide bonds. The Kier molecular flexibility index (Phi) is 3.41. The van der Waals surface area contributed by atoms with Crippen LogP contribution in [0.2, 0.25) is 0 Å². The first-order chi connectivity index (χ1) is 5.33. The zero-order valence-electron chi connectivity index (χ0n) is 7.56. The molecule has 1 heterocycles. The highest BCUT2D eigenvalue weighted by Gasteiger charge is 2.10. The van der Waals surface area contributed by atoms with E-state index in [9.17, 15) is 0 Å². The van der Waals surface area contributed by atoms with Crippen molar-refractivity contribution in [3.63, 3.8) is 0 Å². The minimum Gasteiger partial charge on any atom is -0.299 e. The fourth-order valence-corrected chi connectivity index (χ4v) is 1.57. The van der Waals surface area contributed by atoms with Crippen LogP contribution in [-0.2, 0) is 0 Å². The first kappa shape index (κ1) is 8.58. The summed E-state index contributed by atoms with van der Waals surface area (Å²) in [6, 6.07) is 0. The van der Waals surface area contributed by atoms with Gasteiger partial charge in [0.15, 0.2) is 0 Å². The smallest absolute Gasteiger partial charge is 0.0265 e. The maximum atomic E-state index is 3.22. The van der Waals surface area contributed by atoms with E-state index in [1.807, 2.05) is 13.0 Å². The van der Waals surface area contributed by atoms with Crippen molar-refractivity contribution in [2.75, 3.05) is 19.6 Å². The number of hydrogen-bond acceptors (Lipinski definition) is 1. The van der Waals surface area contributed by atoms with E-state index >= 15 is 0 Å². The van der Waals surface area contributed by atoms with Gasteiger partial charge in [0.2, 0.25) is 0 Å². The molecule has 1 heteroatoms. The average molecular weight is 151 g/mol. The fourth-order valence-electron chi connectivity index (χ4n) is 1.57. The molecule has 0 aromatic rings. The van der Waals surface area contributed by atoms with Gasteiger partial charge >= 0.3 is 0 Å². The predicted molar refractivity (Wildman–Crippen MR) is 48.6 cm³/mol. The van der Waals surface area contributed by atoms with Crippen LogP contribution < -0.4 is 0 Å². The van der Waals surface area contributed by atoms with Gasteiger partial charge < -0.3 is 0 Å². The van der Waals surface area contributed by atoms with Crippen LogP contribution in [0.5, 0.6) is 0 Å². The van der Waals surface area contributed by atoms with E-state index in [-0.39, 0.29) is 0 Å². The van der Waals surface area contributed by atoms with Crippen LogP contribution in [0, 0.1) is 0 Å². The monoisotopic (exact) mass is 151 g/mol. The molecule has 1 aliphatic rings. The van der Waals surface area contributed by atoms with Gasteiger partial charge in [-0.3, -0.25) is 4.90 Å². The van der Waals surface area contributed by atoms with Crippen molar-refractivity contribution in [1.82, 2.24) is 4.90 Å². The SMILES string of the molecule is CC=C=C(C)CN1CCCC1. The van der Waals surface area contributed by atoms with Crippen molar-refractivity contribution in [3.8, 4) is 0 Å². The van der Waals surface area contributed by atoms with Gasteiger partial charge in [-0.15, -0.1) is 5.73 Å². The quantitative estimate of drug-likeness (QED) is 0.547. The van der Waals surface area contributed by atoms with Gasteiger partial charge in [0, 0.05) is 6.54 Å². The van der Waals surface area contributed by atoms with Gasteiger partial charge in [-0.2, -0.15) is 0 Å². The molecule has 62 valence electrons. The molecule has 0 saturated carbocycles. The van der Waals surface area contributed by atoms with Crippen LogP contribution in [0.1, 0.15) is 26.7 Å². The van der Waals surface area contributed by atoms with Crippen molar-refractivity contribution in [2.24, 2.45) is 0 Å². The second-order valence-corrected chi connectivity index (χ2v) is 3.20. The van der Waals surface area contributed by atoms with Crippen molar-refractivity contribution in [3.05, 3.63) is 17.4 Å². The molecule has 1 nitrogen and oxygen atoms in total.